The third kappa shape index (κ3) is 5.50. The number of anilines is 1. The number of hydrogen-bond acceptors (Lipinski definition) is 7. The second-order valence-electron chi connectivity index (χ2n) is 8.94. The average molecular weight is 479 g/mol. The number of nitrogens with zero attached hydrogens (tertiary/aromatic N) is 3. The van der Waals surface area contributed by atoms with Gasteiger partial charge in [-0.05, 0) is 48.6 Å². The molecule has 0 amide bonds. The van der Waals surface area contributed by atoms with E-state index in [-0.39, 0.29) is 12.3 Å². The van der Waals surface area contributed by atoms with E-state index in [1.165, 1.54) is 5.56 Å². The first-order valence-electron chi connectivity index (χ1n) is 12.0. The van der Waals surface area contributed by atoms with Crippen LogP contribution in [0, 0.1) is 0 Å². The van der Waals surface area contributed by atoms with Crippen LogP contribution < -0.4 is 19.5 Å². The lowest BCUT2D eigenvalue weighted by molar-refractivity contribution is -0.137. The van der Waals surface area contributed by atoms with Gasteiger partial charge in [-0.2, -0.15) is 5.10 Å². The molecule has 2 aliphatic heterocycles. The van der Waals surface area contributed by atoms with E-state index in [2.05, 4.69) is 22.5 Å². The number of carboxylic acid groups (broad SMARTS) is 1. The molecule has 4 heterocycles. The molecule has 0 fully saturated rings. The van der Waals surface area contributed by atoms with Crippen molar-refractivity contribution in [1.29, 1.82) is 0 Å². The summed E-state index contributed by atoms with van der Waals surface area (Å²) in [5, 5.41) is 17.4. The van der Waals surface area contributed by atoms with Gasteiger partial charge in [-0.25, -0.2) is 9.67 Å². The fraction of sp³-hybridized carbons (Fsp3) is 0.423. The summed E-state index contributed by atoms with van der Waals surface area (Å²) in [5.74, 6) is 1.86. The van der Waals surface area contributed by atoms with Crippen LogP contribution >= 0.6 is 0 Å². The minimum atomic E-state index is -0.857. The van der Waals surface area contributed by atoms with Crippen molar-refractivity contribution in [3.63, 3.8) is 0 Å². The second-order valence-corrected chi connectivity index (χ2v) is 8.94. The van der Waals surface area contributed by atoms with E-state index in [4.69, 9.17) is 19.2 Å². The summed E-state index contributed by atoms with van der Waals surface area (Å²) >= 11 is 0. The minimum absolute atomic E-state index is 0.00948. The maximum Gasteiger partial charge on any atom is 0.303 e. The van der Waals surface area contributed by atoms with Crippen molar-refractivity contribution in [3.8, 4) is 17.4 Å². The monoisotopic (exact) mass is 478 g/mol. The summed E-state index contributed by atoms with van der Waals surface area (Å²) in [6.07, 6.45) is 3.36. The molecule has 2 aromatic heterocycles. The molecule has 184 valence electrons. The first-order chi connectivity index (χ1) is 17.0. The summed E-state index contributed by atoms with van der Waals surface area (Å²) in [6.45, 7) is 2.44. The number of benzene rings is 1. The summed E-state index contributed by atoms with van der Waals surface area (Å²) < 4.78 is 19.0. The zero-order valence-corrected chi connectivity index (χ0v) is 19.8. The third-order valence-corrected chi connectivity index (χ3v) is 6.36. The maximum atomic E-state index is 11.6. The first kappa shape index (κ1) is 23.0. The Morgan fingerprint density at radius 3 is 2.89 bits per heavy atom. The lowest BCUT2D eigenvalue weighted by Crippen LogP contribution is -2.16. The fourth-order valence-corrected chi connectivity index (χ4v) is 4.59. The second kappa shape index (κ2) is 10.2. The molecule has 9 nitrogen and oxygen atoms in total. The predicted molar refractivity (Wildman–Crippen MR) is 130 cm³/mol. The summed E-state index contributed by atoms with van der Waals surface area (Å²) in [5.41, 5.74) is 3.92. The standard InChI is InChI=1S/C26H30N4O5/c1-30-24(35-10-8-20-6-4-17-3-2-9-27-26(17)28-20)16-21(29-30)13-19(15-25(31)32)18-5-7-22-23(14-18)34-12-11-33-22/h4-7,14,16,19H,2-3,8-13,15H2,1H3,(H,27,28)(H,31,32). The highest BCUT2D eigenvalue weighted by atomic mass is 16.6. The molecule has 0 spiro atoms. The number of carboxylic acids is 1. The molecule has 1 atom stereocenters. The van der Waals surface area contributed by atoms with Gasteiger partial charge in [0.1, 0.15) is 19.0 Å². The molecule has 0 aliphatic carbocycles. The average Bonchev–Trinajstić information content (AvgIpc) is 3.21. The Bertz CT molecular complexity index is 1210. The molecule has 2 aliphatic rings. The molecule has 35 heavy (non-hydrogen) atoms. The van der Waals surface area contributed by atoms with Crippen LogP contribution in [0.3, 0.4) is 0 Å². The van der Waals surface area contributed by atoms with Crippen LogP contribution in [-0.4, -0.2) is 52.2 Å². The fourth-order valence-electron chi connectivity index (χ4n) is 4.59. The lowest BCUT2D eigenvalue weighted by Gasteiger charge is -2.21. The number of ether oxygens (including phenoxy) is 3. The quantitative estimate of drug-likeness (QED) is 0.482. The van der Waals surface area contributed by atoms with Crippen molar-refractivity contribution < 1.29 is 24.1 Å². The molecule has 3 aromatic rings. The number of carbonyl (C=O) groups is 1. The number of aromatic nitrogens is 3. The Balaban J connectivity index is 1.24. The number of rotatable bonds is 9. The van der Waals surface area contributed by atoms with Gasteiger partial charge in [0.25, 0.3) is 0 Å². The molecule has 9 heteroatoms. The summed E-state index contributed by atoms with van der Waals surface area (Å²) in [4.78, 5) is 16.3. The van der Waals surface area contributed by atoms with Gasteiger partial charge in [-0.1, -0.05) is 12.1 Å². The van der Waals surface area contributed by atoms with Crippen LogP contribution in [0.4, 0.5) is 5.82 Å². The number of aryl methyl sites for hydroxylation is 2. The van der Waals surface area contributed by atoms with Crippen LogP contribution in [0.5, 0.6) is 17.4 Å². The minimum Gasteiger partial charge on any atom is -0.486 e. The van der Waals surface area contributed by atoms with Crippen LogP contribution in [0.25, 0.3) is 0 Å². The molecular weight excluding hydrogens is 448 g/mol. The third-order valence-electron chi connectivity index (χ3n) is 6.36. The van der Waals surface area contributed by atoms with Crippen molar-refractivity contribution in [2.24, 2.45) is 7.05 Å². The predicted octanol–water partition coefficient (Wildman–Crippen LogP) is 3.37. The number of aliphatic carboxylic acids is 1. The van der Waals surface area contributed by atoms with E-state index in [0.29, 0.717) is 50.0 Å². The van der Waals surface area contributed by atoms with Crippen LogP contribution in [0.15, 0.2) is 36.4 Å². The van der Waals surface area contributed by atoms with Crippen molar-refractivity contribution in [2.75, 3.05) is 31.7 Å². The highest BCUT2D eigenvalue weighted by Crippen LogP contribution is 2.35. The number of hydrogen-bond donors (Lipinski definition) is 2. The van der Waals surface area contributed by atoms with Crippen LogP contribution in [-0.2, 0) is 31.1 Å². The Hall–Kier alpha value is -3.75. The molecule has 5 rings (SSSR count). The van der Waals surface area contributed by atoms with Crippen molar-refractivity contribution in [2.45, 2.75) is 38.0 Å². The lowest BCUT2D eigenvalue weighted by atomic mass is 9.91. The molecule has 2 N–H and O–H groups in total. The molecule has 0 saturated heterocycles. The van der Waals surface area contributed by atoms with Crippen molar-refractivity contribution in [3.05, 3.63) is 58.9 Å². The zero-order valence-electron chi connectivity index (χ0n) is 19.8. The SMILES string of the molecule is Cn1nc(CC(CC(=O)O)c2ccc3c(c2)OCCO3)cc1OCCc1ccc2c(n1)NCCC2. The molecular formula is C26H30N4O5. The highest BCUT2D eigenvalue weighted by molar-refractivity contribution is 5.68. The summed E-state index contributed by atoms with van der Waals surface area (Å²) in [7, 11) is 1.83. The number of pyridine rings is 1. The Labute approximate surface area is 204 Å². The first-order valence-corrected chi connectivity index (χ1v) is 12.0. The van der Waals surface area contributed by atoms with E-state index >= 15 is 0 Å². The Morgan fingerprint density at radius 1 is 1.17 bits per heavy atom. The maximum absolute atomic E-state index is 11.6. The Morgan fingerprint density at radius 2 is 2.03 bits per heavy atom. The van der Waals surface area contributed by atoms with E-state index in [1.54, 1.807) is 4.68 Å². The van der Waals surface area contributed by atoms with Gasteiger partial charge in [-0.15, -0.1) is 0 Å². The van der Waals surface area contributed by atoms with Gasteiger partial charge in [0.2, 0.25) is 5.88 Å². The smallest absolute Gasteiger partial charge is 0.303 e. The largest absolute Gasteiger partial charge is 0.486 e. The van der Waals surface area contributed by atoms with E-state index < -0.39 is 5.97 Å². The number of nitrogens with one attached hydrogen (secondary N) is 1. The van der Waals surface area contributed by atoms with Crippen LogP contribution in [0.1, 0.15) is 41.3 Å². The van der Waals surface area contributed by atoms with Gasteiger partial charge in [0, 0.05) is 37.7 Å². The number of fused-ring (bicyclic) bond motifs is 2. The van der Waals surface area contributed by atoms with Gasteiger partial charge in [-0.3, -0.25) is 4.79 Å². The van der Waals surface area contributed by atoms with Gasteiger partial charge in [0.15, 0.2) is 11.5 Å². The molecule has 0 saturated carbocycles. The van der Waals surface area contributed by atoms with Crippen molar-refractivity contribution in [1.82, 2.24) is 14.8 Å². The molecule has 0 radical (unpaired) electrons. The molecule has 1 unspecified atom stereocenters. The normalized spacial score (nSPS) is 15.1. The van der Waals surface area contributed by atoms with Crippen LogP contribution in [0.2, 0.25) is 0 Å². The summed E-state index contributed by atoms with van der Waals surface area (Å²) in [6, 6.07) is 11.7. The highest BCUT2D eigenvalue weighted by Gasteiger charge is 2.22. The van der Waals surface area contributed by atoms with Crippen molar-refractivity contribution >= 4 is 11.8 Å². The van der Waals surface area contributed by atoms with Gasteiger partial charge in [0.05, 0.1) is 18.7 Å². The van der Waals surface area contributed by atoms with E-state index in [0.717, 1.165) is 42.2 Å². The zero-order chi connectivity index (χ0) is 24.2. The molecule has 1 aromatic carbocycles. The van der Waals surface area contributed by atoms with Gasteiger partial charge < -0.3 is 24.6 Å². The topological polar surface area (TPSA) is 108 Å². The Kier molecular flexibility index (Phi) is 6.74. The van der Waals surface area contributed by atoms with E-state index in [1.807, 2.05) is 31.3 Å². The van der Waals surface area contributed by atoms with E-state index in [9.17, 15) is 9.90 Å². The molecule has 0 bridgehead atoms. The van der Waals surface area contributed by atoms with Gasteiger partial charge >= 0.3 is 5.97 Å².